The van der Waals surface area contributed by atoms with Gasteiger partial charge in [0, 0.05) is 11.3 Å². The summed E-state index contributed by atoms with van der Waals surface area (Å²) in [5, 5.41) is 3.94. The van der Waals surface area contributed by atoms with E-state index in [-0.39, 0.29) is 5.91 Å². The molecule has 5 nitrogen and oxygen atoms in total. The third kappa shape index (κ3) is 4.33. The molecule has 22 heavy (non-hydrogen) atoms. The number of hydrazone groups is 1. The van der Waals surface area contributed by atoms with Crippen LogP contribution >= 0.6 is 15.9 Å². The third-order valence-corrected chi connectivity index (χ3v) is 3.40. The first-order chi connectivity index (χ1) is 10.6. The van der Waals surface area contributed by atoms with Crippen LogP contribution < -0.4 is 15.9 Å². The molecule has 114 valence electrons. The highest BCUT2D eigenvalue weighted by atomic mass is 79.9. The number of benzene rings is 2. The average Bonchev–Trinajstić information content (AvgIpc) is 2.50. The summed E-state index contributed by atoms with van der Waals surface area (Å²) in [7, 11) is 0. The van der Waals surface area contributed by atoms with Crippen LogP contribution in [0.5, 0.6) is 5.75 Å². The molecule has 0 unspecified atom stereocenters. The van der Waals surface area contributed by atoms with E-state index < -0.39 is 0 Å². The minimum atomic E-state index is -0.312. The monoisotopic (exact) mass is 361 g/mol. The fourth-order valence-corrected chi connectivity index (χ4v) is 2.29. The highest BCUT2D eigenvalue weighted by Gasteiger charge is 2.04. The van der Waals surface area contributed by atoms with Crippen molar-refractivity contribution in [1.82, 2.24) is 5.43 Å². The fraction of sp³-hybridized carbons (Fsp3) is 0.125. The van der Waals surface area contributed by atoms with Crippen molar-refractivity contribution in [3.8, 4) is 5.75 Å². The van der Waals surface area contributed by atoms with Gasteiger partial charge in [-0.25, -0.2) is 5.43 Å². The zero-order valence-electron chi connectivity index (χ0n) is 12.0. The van der Waals surface area contributed by atoms with Crippen molar-refractivity contribution in [2.45, 2.75) is 6.92 Å². The molecule has 0 saturated heterocycles. The molecule has 6 heteroatoms. The van der Waals surface area contributed by atoms with Gasteiger partial charge in [0.1, 0.15) is 5.75 Å². The first-order valence-corrected chi connectivity index (χ1v) is 7.50. The van der Waals surface area contributed by atoms with Crippen LogP contribution in [0.15, 0.2) is 52.0 Å². The number of rotatable bonds is 5. The number of halogens is 1. The number of anilines is 1. The number of hydrogen-bond donors (Lipinski definition) is 2. The van der Waals surface area contributed by atoms with E-state index in [1.54, 1.807) is 30.5 Å². The number of nitrogens with one attached hydrogen (secondary N) is 1. The molecule has 0 aliphatic rings. The summed E-state index contributed by atoms with van der Waals surface area (Å²) < 4.78 is 6.26. The molecule has 0 aromatic heterocycles. The Hall–Kier alpha value is -2.34. The maximum atomic E-state index is 11.9. The molecule has 0 heterocycles. The summed E-state index contributed by atoms with van der Waals surface area (Å²) in [5.41, 5.74) is 9.93. The number of nitrogens with zero attached hydrogens (tertiary/aromatic N) is 1. The molecule has 1 amide bonds. The predicted molar refractivity (Wildman–Crippen MR) is 91.2 cm³/mol. The third-order valence-electron chi connectivity index (χ3n) is 2.78. The Balaban J connectivity index is 2.00. The Morgan fingerprint density at radius 2 is 2.18 bits per heavy atom. The van der Waals surface area contributed by atoms with Gasteiger partial charge in [-0.3, -0.25) is 4.79 Å². The molecule has 0 radical (unpaired) electrons. The van der Waals surface area contributed by atoms with E-state index in [9.17, 15) is 4.79 Å². The molecule has 0 saturated carbocycles. The van der Waals surface area contributed by atoms with E-state index in [1.807, 2.05) is 25.1 Å². The first-order valence-electron chi connectivity index (χ1n) is 6.71. The van der Waals surface area contributed by atoms with Crippen LogP contribution in [0.3, 0.4) is 0 Å². The van der Waals surface area contributed by atoms with Crippen LogP contribution in [0, 0.1) is 0 Å². The van der Waals surface area contributed by atoms with Crippen LogP contribution in [0.2, 0.25) is 0 Å². The van der Waals surface area contributed by atoms with Gasteiger partial charge in [-0.15, -0.1) is 0 Å². The number of hydrogen-bond acceptors (Lipinski definition) is 4. The standard InChI is InChI=1S/C16H16BrN3O2/c1-2-22-15-7-6-11(8-14(15)17)10-19-20-16(21)12-4-3-5-13(18)9-12/h3-10H,2,18H2,1H3,(H,20,21)/b19-10-. The Kier molecular flexibility index (Phi) is 5.55. The summed E-state index contributed by atoms with van der Waals surface area (Å²) >= 11 is 3.43. The van der Waals surface area contributed by atoms with Gasteiger partial charge in [-0.05, 0) is 64.8 Å². The zero-order valence-corrected chi connectivity index (χ0v) is 13.6. The maximum Gasteiger partial charge on any atom is 0.271 e. The molecule has 0 bridgehead atoms. The lowest BCUT2D eigenvalue weighted by molar-refractivity contribution is 0.0955. The molecule has 2 aromatic carbocycles. The number of carbonyl (C=O) groups is 1. The topological polar surface area (TPSA) is 76.7 Å². The highest BCUT2D eigenvalue weighted by molar-refractivity contribution is 9.10. The van der Waals surface area contributed by atoms with E-state index in [4.69, 9.17) is 10.5 Å². The van der Waals surface area contributed by atoms with Crippen molar-refractivity contribution >= 4 is 33.7 Å². The van der Waals surface area contributed by atoms with Crippen LogP contribution in [-0.4, -0.2) is 18.7 Å². The quantitative estimate of drug-likeness (QED) is 0.487. The van der Waals surface area contributed by atoms with E-state index in [1.165, 1.54) is 0 Å². The Bertz CT molecular complexity index is 702. The van der Waals surface area contributed by atoms with Crippen LogP contribution in [0.4, 0.5) is 5.69 Å². The van der Waals surface area contributed by atoms with Crippen LogP contribution in [-0.2, 0) is 0 Å². The van der Waals surface area contributed by atoms with Crippen molar-refractivity contribution in [3.63, 3.8) is 0 Å². The second-order valence-electron chi connectivity index (χ2n) is 4.45. The van der Waals surface area contributed by atoms with E-state index >= 15 is 0 Å². The van der Waals surface area contributed by atoms with E-state index in [0.29, 0.717) is 17.9 Å². The number of ether oxygens (including phenoxy) is 1. The van der Waals surface area contributed by atoms with Gasteiger partial charge in [0.2, 0.25) is 0 Å². The van der Waals surface area contributed by atoms with Gasteiger partial charge in [-0.2, -0.15) is 5.10 Å². The lowest BCUT2D eigenvalue weighted by Crippen LogP contribution is -2.17. The molecule has 2 aromatic rings. The average molecular weight is 362 g/mol. The number of nitrogen functional groups attached to an aromatic ring is 1. The molecule has 0 fully saturated rings. The molecule has 3 N–H and O–H groups in total. The Labute approximate surface area is 137 Å². The van der Waals surface area contributed by atoms with Crippen molar-refractivity contribution in [3.05, 3.63) is 58.1 Å². The second-order valence-corrected chi connectivity index (χ2v) is 5.30. The number of amides is 1. The van der Waals surface area contributed by atoms with Crippen molar-refractivity contribution in [1.29, 1.82) is 0 Å². The van der Waals surface area contributed by atoms with Gasteiger partial charge in [0.05, 0.1) is 17.3 Å². The van der Waals surface area contributed by atoms with Gasteiger partial charge in [0.15, 0.2) is 0 Å². The van der Waals surface area contributed by atoms with Crippen molar-refractivity contribution < 1.29 is 9.53 Å². The molecule has 0 aliphatic carbocycles. The molecule has 2 rings (SSSR count). The van der Waals surface area contributed by atoms with Crippen LogP contribution in [0.1, 0.15) is 22.8 Å². The minimum absolute atomic E-state index is 0.312. The summed E-state index contributed by atoms with van der Waals surface area (Å²) in [6.45, 7) is 2.52. The molecule has 0 spiro atoms. The normalized spacial score (nSPS) is 10.6. The van der Waals surface area contributed by atoms with Gasteiger partial charge >= 0.3 is 0 Å². The SMILES string of the molecule is CCOc1ccc(/C=N\NC(=O)c2cccc(N)c2)cc1Br. The largest absolute Gasteiger partial charge is 0.493 e. The predicted octanol–water partition coefficient (Wildman–Crippen LogP) is 3.19. The Morgan fingerprint density at radius 3 is 2.86 bits per heavy atom. The smallest absolute Gasteiger partial charge is 0.271 e. The minimum Gasteiger partial charge on any atom is -0.493 e. The van der Waals surface area contributed by atoms with E-state index in [2.05, 4.69) is 26.5 Å². The zero-order chi connectivity index (χ0) is 15.9. The molecular formula is C16H16BrN3O2. The first kappa shape index (κ1) is 16.0. The molecule has 0 aliphatic heterocycles. The van der Waals surface area contributed by atoms with Gasteiger partial charge in [0.25, 0.3) is 5.91 Å². The van der Waals surface area contributed by atoms with E-state index in [0.717, 1.165) is 15.8 Å². The highest BCUT2D eigenvalue weighted by Crippen LogP contribution is 2.25. The molecule has 0 atom stereocenters. The van der Waals surface area contributed by atoms with Crippen molar-refractivity contribution in [2.75, 3.05) is 12.3 Å². The van der Waals surface area contributed by atoms with Crippen molar-refractivity contribution in [2.24, 2.45) is 5.10 Å². The second kappa shape index (κ2) is 7.61. The Morgan fingerprint density at radius 1 is 1.36 bits per heavy atom. The molecular weight excluding hydrogens is 346 g/mol. The summed E-state index contributed by atoms with van der Waals surface area (Å²) in [4.78, 5) is 11.9. The lowest BCUT2D eigenvalue weighted by Gasteiger charge is -2.05. The van der Waals surface area contributed by atoms with Gasteiger partial charge in [-0.1, -0.05) is 6.07 Å². The van der Waals surface area contributed by atoms with Crippen LogP contribution in [0.25, 0.3) is 0 Å². The summed E-state index contributed by atoms with van der Waals surface area (Å²) in [6, 6.07) is 12.3. The number of nitrogens with two attached hydrogens (primary N) is 1. The summed E-state index contributed by atoms with van der Waals surface area (Å²) in [6.07, 6.45) is 1.56. The van der Waals surface area contributed by atoms with Gasteiger partial charge < -0.3 is 10.5 Å². The lowest BCUT2D eigenvalue weighted by atomic mass is 10.2. The number of carbonyl (C=O) groups excluding carboxylic acids is 1. The summed E-state index contributed by atoms with van der Waals surface area (Å²) in [5.74, 6) is 0.456. The maximum absolute atomic E-state index is 11.9. The fourth-order valence-electron chi connectivity index (χ4n) is 1.78.